The van der Waals surface area contributed by atoms with Gasteiger partial charge in [0.15, 0.2) is 10.9 Å². The molecule has 0 aromatic carbocycles. The molecule has 0 aliphatic rings. The lowest BCUT2D eigenvalue weighted by atomic mass is 10.2. The van der Waals surface area contributed by atoms with E-state index < -0.39 is 0 Å². The molecule has 2 heterocycles. The highest BCUT2D eigenvalue weighted by Crippen LogP contribution is 2.14. The van der Waals surface area contributed by atoms with Crippen LogP contribution in [0.2, 0.25) is 0 Å². The van der Waals surface area contributed by atoms with E-state index in [1.54, 1.807) is 24.7 Å². The molecule has 0 amide bonds. The van der Waals surface area contributed by atoms with Gasteiger partial charge in [-0.1, -0.05) is 0 Å². The standard InChI is InChI=1S/C12H11BrFN5S/c13-10-11(17-7-6-16-10)19-12(20)18-5-3-9-8(14)2-1-4-15-9/h1-2,4,6-7H,3,5H2,(H2,17,18,19,20). The van der Waals surface area contributed by atoms with Gasteiger partial charge in [0.1, 0.15) is 10.4 Å². The zero-order valence-corrected chi connectivity index (χ0v) is 12.7. The summed E-state index contributed by atoms with van der Waals surface area (Å²) in [6, 6.07) is 2.94. The zero-order valence-electron chi connectivity index (χ0n) is 10.3. The van der Waals surface area contributed by atoms with E-state index in [0.717, 1.165) is 0 Å². The monoisotopic (exact) mass is 355 g/mol. The minimum atomic E-state index is -0.315. The molecule has 8 heteroatoms. The lowest BCUT2D eigenvalue weighted by Crippen LogP contribution is -2.31. The number of aromatic nitrogens is 3. The molecule has 0 fully saturated rings. The van der Waals surface area contributed by atoms with Crippen LogP contribution in [0.15, 0.2) is 35.3 Å². The first-order valence-electron chi connectivity index (χ1n) is 5.77. The van der Waals surface area contributed by atoms with Gasteiger partial charge in [-0.25, -0.2) is 14.4 Å². The molecular weight excluding hydrogens is 345 g/mol. The lowest BCUT2D eigenvalue weighted by molar-refractivity contribution is 0.596. The predicted octanol–water partition coefficient (Wildman–Crippen LogP) is 2.30. The Bertz CT molecular complexity index is 610. The molecule has 0 saturated heterocycles. The van der Waals surface area contributed by atoms with Gasteiger partial charge in [-0.05, 0) is 40.3 Å². The molecule has 2 aromatic rings. The number of hydrogen-bond donors (Lipinski definition) is 2. The van der Waals surface area contributed by atoms with Gasteiger partial charge in [-0.3, -0.25) is 4.98 Å². The maximum absolute atomic E-state index is 13.4. The smallest absolute Gasteiger partial charge is 0.172 e. The fourth-order valence-corrected chi connectivity index (χ4v) is 1.97. The van der Waals surface area contributed by atoms with E-state index in [2.05, 4.69) is 41.5 Å². The van der Waals surface area contributed by atoms with Crippen LogP contribution in [-0.4, -0.2) is 26.6 Å². The maximum atomic E-state index is 13.4. The van der Waals surface area contributed by atoms with Crippen molar-refractivity contribution < 1.29 is 4.39 Å². The average Bonchev–Trinajstić information content (AvgIpc) is 2.43. The highest BCUT2D eigenvalue weighted by atomic mass is 79.9. The Kier molecular flexibility index (Phi) is 5.31. The largest absolute Gasteiger partial charge is 0.362 e. The van der Waals surface area contributed by atoms with Crippen LogP contribution in [0.3, 0.4) is 0 Å². The Morgan fingerprint density at radius 1 is 1.25 bits per heavy atom. The number of halogens is 2. The molecule has 0 aliphatic heterocycles. The highest BCUT2D eigenvalue weighted by molar-refractivity contribution is 9.10. The summed E-state index contributed by atoms with van der Waals surface area (Å²) in [7, 11) is 0. The molecule has 2 rings (SSSR count). The number of pyridine rings is 1. The van der Waals surface area contributed by atoms with Gasteiger partial charge >= 0.3 is 0 Å². The third-order valence-electron chi connectivity index (χ3n) is 2.37. The van der Waals surface area contributed by atoms with Crippen LogP contribution in [0.4, 0.5) is 10.2 Å². The van der Waals surface area contributed by atoms with E-state index in [-0.39, 0.29) is 5.82 Å². The van der Waals surface area contributed by atoms with E-state index in [1.165, 1.54) is 6.07 Å². The Labute approximate surface area is 129 Å². The van der Waals surface area contributed by atoms with E-state index in [9.17, 15) is 4.39 Å². The number of anilines is 1. The summed E-state index contributed by atoms with van der Waals surface area (Å²) in [5.41, 5.74) is 0.406. The molecule has 0 radical (unpaired) electrons. The Hall–Kier alpha value is -1.67. The molecule has 0 saturated carbocycles. The van der Waals surface area contributed by atoms with Crippen molar-refractivity contribution in [2.75, 3.05) is 11.9 Å². The number of hydrogen-bond acceptors (Lipinski definition) is 4. The second kappa shape index (κ2) is 7.20. The van der Waals surface area contributed by atoms with Gasteiger partial charge in [0.05, 0.1) is 5.69 Å². The first-order chi connectivity index (χ1) is 9.66. The molecule has 104 valence electrons. The first kappa shape index (κ1) is 14.7. The second-order valence-corrected chi connectivity index (χ2v) is 4.92. The summed E-state index contributed by atoms with van der Waals surface area (Å²) in [6.07, 6.45) is 5.12. The average molecular weight is 356 g/mol. The number of thiocarbonyl (C=S) groups is 1. The van der Waals surface area contributed by atoms with E-state index in [1.807, 2.05) is 0 Å². The summed E-state index contributed by atoms with van der Waals surface area (Å²) in [5, 5.41) is 6.25. The number of rotatable bonds is 4. The first-order valence-corrected chi connectivity index (χ1v) is 6.97. The van der Waals surface area contributed by atoms with Crippen molar-refractivity contribution in [2.45, 2.75) is 6.42 Å². The Balaban J connectivity index is 1.82. The normalized spacial score (nSPS) is 10.1. The Morgan fingerprint density at radius 2 is 2.05 bits per heavy atom. The van der Waals surface area contributed by atoms with Gasteiger partial charge < -0.3 is 10.6 Å². The topological polar surface area (TPSA) is 62.7 Å². The van der Waals surface area contributed by atoms with Crippen LogP contribution in [0.1, 0.15) is 5.69 Å². The van der Waals surface area contributed by atoms with Gasteiger partial charge in [-0.2, -0.15) is 0 Å². The van der Waals surface area contributed by atoms with Crippen molar-refractivity contribution in [3.63, 3.8) is 0 Å². The fraction of sp³-hybridized carbons (Fsp3) is 0.167. The zero-order chi connectivity index (χ0) is 14.4. The van der Waals surface area contributed by atoms with E-state index >= 15 is 0 Å². The molecule has 0 spiro atoms. The number of nitrogens with zero attached hydrogens (tertiary/aromatic N) is 3. The fourth-order valence-electron chi connectivity index (χ4n) is 1.45. The van der Waals surface area contributed by atoms with Gasteiger partial charge in [-0.15, -0.1) is 0 Å². The maximum Gasteiger partial charge on any atom is 0.172 e. The van der Waals surface area contributed by atoms with Crippen molar-refractivity contribution in [2.24, 2.45) is 0 Å². The molecule has 20 heavy (non-hydrogen) atoms. The molecule has 0 unspecified atom stereocenters. The lowest BCUT2D eigenvalue weighted by Gasteiger charge is -2.10. The van der Waals surface area contributed by atoms with Crippen molar-refractivity contribution in [1.82, 2.24) is 20.3 Å². The van der Waals surface area contributed by atoms with Crippen LogP contribution in [-0.2, 0) is 6.42 Å². The predicted molar refractivity (Wildman–Crippen MR) is 81.9 cm³/mol. The summed E-state index contributed by atoms with van der Waals surface area (Å²) < 4.78 is 13.9. The minimum Gasteiger partial charge on any atom is -0.362 e. The molecule has 2 aromatic heterocycles. The molecule has 0 bridgehead atoms. The number of nitrogens with one attached hydrogen (secondary N) is 2. The third-order valence-corrected chi connectivity index (χ3v) is 3.19. The molecule has 5 nitrogen and oxygen atoms in total. The highest BCUT2D eigenvalue weighted by Gasteiger charge is 2.05. The van der Waals surface area contributed by atoms with E-state index in [4.69, 9.17) is 12.2 Å². The summed E-state index contributed by atoms with van der Waals surface area (Å²) in [6.45, 7) is 0.470. The van der Waals surface area contributed by atoms with Gasteiger partial charge in [0, 0.05) is 31.6 Å². The molecule has 2 N–H and O–H groups in total. The summed E-state index contributed by atoms with van der Waals surface area (Å²) in [4.78, 5) is 12.1. The SMILES string of the molecule is Fc1cccnc1CCNC(=S)Nc1nccnc1Br. The quantitative estimate of drug-likeness (QED) is 0.820. The summed E-state index contributed by atoms with van der Waals surface area (Å²) >= 11 is 8.37. The van der Waals surface area contributed by atoms with Crippen molar-refractivity contribution in [3.8, 4) is 0 Å². The second-order valence-electron chi connectivity index (χ2n) is 3.76. The molecule has 0 atom stereocenters. The van der Waals surface area contributed by atoms with Crippen LogP contribution < -0.4 is 10.6 Å². The summed E-state index contributed by atoms with van der Waals surface area (Å²) in [5.74, 6) is 0.207. The van der Waals surface area contributed by atoms with Gasteiger partial charge in [0.25, 0.3) is 0 Å². The Morgan fingerprint density at radius 3 is 2.80 bits per heavy atom. The van der Waals surface area contributed by atoms with Crippen LogP contribution in [0.5, 0.6) is 0 Å². The van der Waals surface area contributed by atoms with E-state index in [0.29, 0.717) is 34.2 Å². The molecule has 0 aliphatic carbocycles. The van der Waals surface area contributed by atoms with Crippen molar-refractivity contribution in [1.29, 1.82) is 0 Å². The minimum absolute atomic E-state index is 0.315. The van der Waals surface area contributed by atoms with Crippen LogP contribution in [0.25, 0.3) is 0 Å². The van der Waals surface area contributed by atoms with Gasteiger partial charge in [0.2, 0.25) is 0 Å². The third kappa shape index (κ3) is 4.17. The van der Waals surface area contributed by atoms with Crippen LogP contribution in [0, 0.1) is 5.82 Å². The molecular formula is C12H11BrFN5S. The van der Waals surface area contributed by atoms with Crippen molar-refractivity contribution >= 4 is 39.1 Å². The van der Waals surface area contributed by atoms with Crippen molar-refractivity contribution in [3.05, 3.63) is 46.8 Å². The van der Waals surface area contributed by atoms with Crippen LogP contribution >= 0.6 is 28.1 Å².